The van der Waals surface area contributed by atoms with E-state index in [1.165, 1.54) is 12.1 Å². The maximum atomic E-state index is 10.8. The summed E-state index contributed by atoms with van der Waals surface area (Å²) in [6.07, 6.45) is 0. The molecule has 1 aliphatic rings. The van der Waals surface area contributed by atoms with Gasteiger partial charge in [0.05, 0.1) is 4.92 Å². The molecule has 0 saturated carbocycles. The smallest absolute Gasteiger partial charge is 0.276 e. The summed E-state index contributed by atoms with van der Waals surface area (Å²) in [5.74, 6) is 0. The molecule has 0 atom stereocenters. The molecule has 8 heteroatoms. The molecule has 0 radical (unpaired) electrons. The lowest BCUT2D eigenvalue weighted by atomic mass is 10.1. The van der Waals surface area contributed by atoms with Gasteiger partial charge in [0.1, 0.15) is 17.1 Å². The lowest BCUT2D eigenvalue weighted by Crippen LogP contribution is -2.58. The topological polar surface area (TPSA) is 102 Å². The first-order valence-electron chi connectivity index (χ1n) is 7.46. The number of rotatable bonds is 3. The zero-order chi connectivity index (χ0) is 17.4. The second-order valence-electron chi connectivity index (χ2n) is 5.83. The Morgan fingerprint density at radius 2 is 2.04 bits per heavy atom. The van der Waals surface area contributed by atoms with E-state index in [2.05, 4.69) is 15.2 Å². The number of azo groups is 1. The molecule has 0 saturated heterocycles. The molecule has 0 aromatic heterocycles. The summed E-state index contributed by atoms with van der Waals surface area (Å²) in [6.45, 7) is 2.59. The van der Waals surface area contributed by atoms with Crippen molar-refractivity contribution in [2.24, 2.45) is 5.11 Å². The molecular formula is C16H19N6O2+. The number of fused-ring (bicyclic) bond motifs is 1. The highest BCUT2D eigenvalue weighted by molar-refractivity contribution is 5.78. The molecule has 0 fully saturated rings. The summed E-state index contributed by atoms with van der Waals surface area (Å²) in [7, 11) is 3.96. The number of nitrogens with one attached hydrogen (secondary N) is 1. The first kappa shape index (κ1) is 15.9. The Bertz CT molecular complexity index is 849. The number of benzene rings is 2. The largest absolute Gasteiger partial charge is 0.393 e. The van der Waals surface area contributed by atoms with E-state index in [1.807, 2.05) is 31.2 Å². The van der Waals surface area contributed by atoms with Crippen LogP contribution in [0.5, 0.6) is 0 Å². The maximum Gasteiger partial charge on any atom is 0.276 e. The molecule has 0 unspecified atom stereocenters. The van der Waals surface area contributed by atoms with Crippen molar-refractivity contribution in [2.45, 2.75) is 13.5 Å². The lowest BCUT2D eigenvalue weighted by Gasteiger charge is -2.20. The fourth-order valence-electron chi connectivity index (χ4n) is 2.78. The molecule has 24 heavy (non-hydrogen) atoms. The number of aryl methyl sites for hydroxylation is 1. The van der Waals surface area contributed by atoms with Crippen LogP contribution < -0.4 is 15.9 Å². The van der Waals surface area contributed by atoms with Gasteiger partial charge in [0.15, 0.2) is 0 Å². The van der Waals surface area contributed by atoms with Crippen molar-refractivity contribution in [3.63, 3.8) is 0 Å². The van der Waals surface area contributed by atoms with Gasteiger partial charge < -0.3 is 10.7 Å². The van der Waals surface area contributed by atoms with Crippen LogP contribution in [0.15, 0.2) is 35.4 Å². The van der Waals surface area contributed by atoms with Gasteiger partial charge in [-0.1, -0.05) is 11.2 Å². The van der Waals surface area contributed by atoms with Gasteiger partial charge in [-0.05, 0) is 35.3 Å². The minimum Gasteiger partial charge on any atom is -0.393 e. The number of nitrogens with two attached hydrogens (primary N) is 1. The van der Waals surface area contributed by atoms with Crippen molar-refractivity contribution in [2.75, 3.05) is 24.8 Å². The van der Waals surface area contributed by atoms with Gasteiger partial charge in [-0.3, -0.25) is 10.1 Å². The molecule has 0 bridgehead atoms. The van der Waals surface area contributed by atoms with E-state index in [1.54, 1.807) is 13.0 Å². The summed E-state index contributed by atoms with van der Waals surface area (Å²) in [4.78, 5) is 10.4. The fourth-order valence-corrected chi connectivity index (χ4v) is 2.78. The summed E-state index contributed by atoms with van der Waals surface area (Å²) >= 11 is 0. The summed E-state index contributed by atoms with van der Waals surface area (Å²) in [5, 5.41) is 22.3. The molecule has 1 aliphatic heterocycles. The number of nitrogens with zero attached hydrogens (tertiary/aromatic N) is 4. The Hall–Kier alpha value is -3.00. The SMILES string of the molecule is Cc1cc([N+](=O)[O-])ccc1N=[NH+]c1c(N)ccc2c1N(C)N(C)C2. The molecule has 0 amide bonds. The van der Waals surface area contributed by atoms with Gasteiger partial charge in [0.25, 0.3) is 11.4 Å². The van der Waals surface area contributed by atoms with Crippen molar-refractivity contribution in [3.8, 4) is 0 Å². The van der Waals surface area contributed by atoms with E-state index in [9.17, 15) is 10.1 Å². The highest BCUT2D eigenvalue weighted by Gasteiger charge is 2.29. The van der Waals surface area contributed by atoms with E-state index in [-0.39, 0.29) is 5.69 Å². The van der Waals surface area contributed by atoms with Gasteiger partial charge in [-0.25, -0.2) is 5.01 Å². The van der Waals surface area contributed by atoms with Gasteiger partial charge >= 0.3 is 0 Å². The molecule has 1 heterocycles. The predicted octanol–water partition coefficient (Wildman–Crippen LogP) is 1.78. The van der Waals surface area contributed by atoms with E-state index in [4.69, 9.17) is 5.73 Å². The van der Waals surface area contributed by atoms with Crippen molar-refractivity contribution in [1.82, 2.24) is 5.01 Å². The number of nitro benzene ring substituents is 1. The summed E-state index contributed by atoms with van der Waals surface area (Å²) < 4.78 is 0. The van der Waals surface area contributed by atoms with Crippen LogP contribution in [0.4, 0.5) is 28.4 Å². The van der Waals surface area contributed by atoms with Gasteiger partial charge in [-0.15, -0.1) is 0 Å². The van der Waals surface area contributed by atoms with E-state index in [0.29, 0.717) is 16.9 Å². The summed E-state index contributed by atoms with van der Waals surface area (Å²) in [6, 6.07) is 8.42. The van der Waals surface area contributed by atoms with E-state index in [0.717, 1.165) is 23.5 Å². The number of non-ortho nitro benzene ring substituents is 1. The molecule has 8 nitrogen and oxygen atoms in total. The van der Waals surface area contributed by atoms with Crippen LogP contribution in [0, 0.1) is 17.0 Å². The molecular weight excluding hydrogens is 308 g/mol. The zero-order valence-electron chi connectivity index (χ0n) is 13.8. The zero-order valence-corrected chi connectivity index (χ0v) is 13.8. The number of anilines is 2. The number of nitro groups is 1. The minimum absolute atomic E-state index is 0.0490. The monoisotopic (exact) mass is 327 g/mol. The normalized spacial score (nSPS) is 14.4. The van der Waals surface area contributed by atoms with Gasteiger partial charge in [0.2, 0.25) is 0 Å². The number of nitrogen functional groups attached to an aromatic ring is 1. The summed E-state index contributed by atoms with van der Waals surface area (Å²) in [5.41, 5.74) is 11.0. The number of hydrazine groups is 1. The lowest BCUT2D eigenvalue weighted by molar-refractivity contribution is -0.431. The van der Waals surface area contributed by atoms with Crippen molar-refractivity contribution in [1.29, 1.82) is 0 Å². The highest BCUT2D eigenvalue weighted by Crippen LogP contribution is 2.37. The molecule has 2 aromatic rings. The molecule has 0 aliphatic carbocycles. The molecule has 3 rings (SSSR count). The van der Waals surface area contributed by atoms with Crippen molar-refractivity contribution < 1.29 is 10.0 Å². The van der Waals surface area contributed by atoms with Crippen LogP contribution in [0.3, 0.4) is 0 Å². The third-order valence-corrected chi connectivity index (χ3v) is 4.21. The quantitative estimate of drug-likeness (QED) is 0.387. The van der Waals surface area contributed by atoms with Crippen LogP contribution in [0.1, 0.15) is 11.1 Å². The van der Waals surface area contributed by atoms with Crippen molar-refractivity contribution in [3.05, 3.63) is 51.6 Å². The van der Waals surface area contributed by atoms with Crippen LogP contribution >= 0.6 is 0 Å². The van der Waals surface area contributed by atoms with E-state index >= 15 is 0 Å². The number of hydrogen-bond acceptors (Lipinski definition) is 6. The Morgan fingerprint density at radius 3 is 2.71 bits per heavy atom. The van der Waals surface area contributed by atoms with Crippen LogP contribution in [0.25, 0.3) is 0 Å². The number of hydrogen-bond donors (Lipinski definition) is 2. The van der Waals surface area contributed by atoms with Gasteiger partial charge in [0, 0.05) is 32.8 Å². The Balaban J connectivity index is 2.00. The fraction of sp³-hybridized carbons (Fsp3) is 0.250. The molecule has 2 aromatic carbocycles. The Kier molecular flexibility index (Phi) is 3.90. The average Bonchev–Trinajstić information content (AvgIpc) is 2.82. The molecule has 0 spiro atoms. The third-order valence-electron chi connectivity index (χ3n) is 4.21. The van der Waals surface area contributed by atoms with Crippen LogP contribution in [-0.2, 0) is 6.54 Å². The average molecular weight is 327 g/mol. The second-order valence-corrected chi connectivity index (χ2v) is 5.83. The highest BCUT2D eigenvalue weighted by atomic mass is 16.6. The predicted molar refractivity (Wildman–Crippen MR) is 91.3 cm³/mol. The standard InChI is InChI=1S/C16H18N6O2/c1-10-8-12(22(23)24)5-7-14(10)18-19-15-13(17)6-4-11-9-20(2)21(3)16(11)15/h4-8H,9,17H2,1-3H3/p+1. The minimum atomic E-state index is -0.420. The Morgan fingerprint density at radius 1 is 1.29 bits per heavy atom. The van der Waals surface area contributed by atoms with Crippen LogP contribution in [0.2, 0.25) is 0 Å². The first-order valence-corrected chi connectivity index (χ1v) is 7.46. The first-order chi connectivity index (χ1) is 11.4. The molecule has 124 valence electrons. The Labute approximate surface area is 139 Å². The maximum absolute atomic E-state index is 10.8. The van der Waals surface area contributed by atoms with Gasteiger partial charge in [-0.2, -0.15) is 0 Å². The van der Waals surface area contributed by atoms with Crippen LogP contribution in [-0.4, -0.2) is 24.0 Å². The van der Waals surface area contributed by atoms with E-state index < -0.39 is 4.92 Å². The van der Waals surface area contributed by atoms with Crippen molar-refractivity contribution >= 4 is 28.4 Å². The second kappa shape index (κ2) is 5.89. The molecule has 3 N–H and O–H groups in total. The third kappa shape index (κ3) is 2.67.